The van der Waals surface area contributed by atoms with E-state index in [4.69, 9.17) is 4.42 Å². The van der Waals surface area contributed by atoms with Crippen LogP contribution in [0.15, 0.2) is 35.2 Å². The van der Waals surface area contributed by atoms with Gasteiger partial charge in [-0.3, -0.25) is 14.4 Å². The third-order valence-electron chi connectivity index (χ3n) is 5.20. The number of aryl methyl sites for hydroxylation is 1. The fourth-order valence-corrected chi connectivity index (χ4v) is 3.86. The molecule has 0 bridgehead atoms. The maximum Gasteiger partial charge on any atom is 0.228 e. The molecule has 1 atom stereocenters. The standard InChI is InChI=1S/C17H22N4O2/c1-20-11-13(10-18-20)15-9-17(19-16(15)22)4-6-21(7-5-17)12-14-3-2-8-23-14/h2-3,8,10-11,15H,4-7,9,12H2,1H3,(H,19,22). The third kappa shape index (κ3) is 2.79. The summed E-state index contributed by atoms with van der Waals surface area (Å²) in [6.07, 6.45) is 8.36. The van der Waals surface area contributed by atoms with Gasteiger partial charge in [0.25, 0.3) is 0 Å². The van der Waals surface area contributed by atoms with E-state index in [-0.39, 0.29) is 17.4 Å². The first-order chi connectivity index (χ1) is 11.1. The molecule has 2 aromatic rings. The summed E-state index contributed by atoms with van der Waals surface area (Å²) < 4.78 is 7.19. The fourth-order valence-electron chi connectivity index (χ4n) is 3.86. The number of nitrogens with zero attached hydrogens (tertiary/aromatic N) is 3. The van der Waals surface area contributed by atoms with Crippen molar-refractivity contribution in [2.45, 2.75) is 37.3 Å². The number of hydrogen-bond donors (Lipinski definition) is 1. The highest BCUT2D eigenvalue weighted by Gasteiger charge is 2.46. The van der Waals surface area contributed by atoms with E-state index in [0.717, 1.165) is 50.2 Å². The lowest BCUT2D eigenvalue weighted by molar-refractivity contribution is -0.121. The van der Waals surface area contributed by atoms with E-state index in [9.17, 15) is 4.79 Å². The van der Waals surface area contributed by atoms with Crippen molar-refractivity contribution in [2.75, 3.05) is 13.1 Å². The van der Waals surface area contributed by atoms with Gasteiger partial charge >= 0.3 is 0 Å². The van der Waals surface area contributed by atoms with Crippen LogP contribution in [0.2, 0.25) is 0 Å². The van der Waals surface area contributed by atoms with Crippen molar-refractivity contribution in [1.82, 2.24) is 20.0 Å². The summed E-state index contributed by atoms with van der Waals surface area (Å²) in [5.74, 6) is 1.10. The summed E-state index contributed by atoms with van der Waals surface area (Å²) in [4.78, 5) is 14.8. The van der Waals surface area contributed by atoms with E-state index in [1.165, 1.54) is 0 Å². The quantitative estimate of drug-likeness (QED) is 0.936. The Kier molecular flexibility index (Phi) is 3.49. The molecule has 122 valence electrons. The molecular formula is C17H22N4O2. The lowest BCUT2D eigenvalue weighted by Crippen LogP contribution is -2.50. The first-order valence-electron chi connectivity index (χ1n) is 8.19. The van der Waals surface area contributed by atoms with Gasteiger partial charge in [-0.2, -0.15) is 5.10 Å². The highest BCUT2D eigenvalue weighted by Crippen LogP contribution is 2.39. The Hall–Kier alpha value is -2.08. The number of furan rings is 1. The van der Waals surface area contributed by atoms with Gasteiger partial charge in [-0.1, -0.05) is 0 Å². The van der Waals surface area contributed by atoms with E-state index >= 15 is 0 Å². The van der Waals surface area contributed by atoms with Gasteiger partial charge in [-0.15, -0.1) is 0 Å². The molecule has 0 aromatic carbocycles. The second-order valence-electron chi connectivity index (χ2n) is 6.83. The topological polar surface area (TPSA) is 63.3 Å². The Morgan fingerprint density at radius 1 is 1.43 bits per heavy atom. The molecule has 2 aliphatic heterocycles. The molecule has 2 aromatic heterocycles. The smallest absolute Gasteiger partial charge is 0.228 e. The number of carbonyl (C=O) groups is 1. The molecule has 4 heterocycles. The first-order valence-corrected chi connectivity index (χ1v) is 8.19. The van der Waals surface area contributed by atoms with E-state index in [2.05, 4.69) is 15.3 Å². The molecule has 6 heteroatoms. The number of amides is 1. The second-order valence-corrected chi connectivity index (χ2v) is 6.83. The van der Waals surface area contributed by atoms with Crippen LogP contribution in [0.4, 0.5) is 0 Å². The Morgan fingerprint density at radius 2 is 2.26 bits per heavy atom. The molecule has 0 saturated carbocycles. The van der Waals surface area contributed by atoms with E-state index < -0.39 is 0 Å². The lowest BCUT2D eigenvalue weighted by Gasteiger charge is -2.39. The fraction of sp³-hybridized carbons (Fsp3) is 0.529. The van der Waals surface area contributed by atoms with Crippen molar-refractivity contribution in [3.8, 4) is 0 Å². The minimum Gasteiger partial charge on any atom is -0.468 e. The molecule has 2 fully saturated rings. The van der Waals surface area contributed by atoms with Gasteiger partial charge < -0.3 is 9.73 Å². The van der Waals surface area contributed by atoms with Gasteiger partial charge in [-0.05, 0) is 31.4 Å². The summed E-state index contributed by atoms with van der Waals surface area (Å²) >= 11 is 0. The molecule has 6 nitrogen and oxygen atoms in total. The number of aromatic nitrogens is 2. The molecule has 2 saturated heterocycles. The van der Waals surface area contributed by atoms with Crippen molar-refractivity contribution in [3.63, 3.8) is 0 Å². The minimum atomic E-state index is -0.0553. The molecule has 0 radical (unpaired) electrons. The van der Waals surface area contributed by atoms with Gasteiger partial charge in [0, 0.05) is 37.4 Å². The van der Waals surface area contributed by atoms with Gasteiger partial charge in [0.2, 0.25) is 5.91 Å². The molecule has 1 unspecified atom stereocenters. The Balaban J connectivity index is 1.40. The van der Waals surface area contributed by atoms with Crippen LogP contribution in [0, 0.1) is 0 Å². The summed E-state index contributed by atoms with van der Waals surface area (Å²) in [5.41, 5.74) is 0.983. The van der Waals surface area contributed by atoms with E-state index in [0.29, 0.717) is 0 Å². The molecule has 1 spiro atoms. The molecular weight excluding hydrogens is 292 g/mol. The summed E-state index contributed by atoms with van der Waals surface area (Å²) in [5, 5.41) is 7.48. The minimum absolute atomic E-state index is 0.0444. The van der Waals surface area contributed by atoms with Crippen LogP contribution in [-0.4, -0.2) is 39.2 Å². The summed E-state index contributed by atoms with van der Waals surface area (Å²) in [6.45, 7) is 2.82. The van der Waals surface area contributed by atoms with Crippen LogP contribution < -0.4 is 5.32 Å². The molecule has 2 aliphatic rings. The SMILES string of the molecule is Cn1cc(C2CC3(CCN(Cc4ccco4)CC3)NC2=O)cn1. The van der Waals surface area contributed by atoms with E-state index in [1.807, 2.05) is 31.6 Å². The van der Waals surface area contributed by atoms with Crippen LogP contribution in [-0.2, 0) is 18.4 Å². The predicted octanol–water partition coefficient (Wildman–Crippen LogP) is 1.65. The molecule has 0 aliphatic carbocycles. The third-order valence-corrected chi connectivity index (χ3v) is 5.20. The summed E-state index contributed by atoms with van der Waals surface area (Å²) in [7, 11) is 1.89. The predicted molar refractivity (Wildman–Crippen MR) is 84.7 cm³/mol. The number of nitrogens with one attached hydrogen (secondary N) is 1. The Bertz CT molecular complexity index is 683. The van der Waals surface area contributed by atoms with Crippen molar-refractivity contribution in [3.05, 3.63) is 42.1 Å². The number of hydrogen-bond acceptors (Lipinski definition) is 4. The summed E-state index contributed by atoms with van der Waals surface area (Å²) in [6, 6.07) is 3.94. The maximum absolute atomic E-state index is 12.4. The Labute approximate surface area is 135 Å². The van der Waals surface area contributed by atoms with Crippen LogP contribution in [0.25, 0.3) is 0 Å². The van der Waals surface area contributed by atoms with Crippen LogP contribution in [0.1, 0.15) is 36.5 Å². The largest absolute Gasteiger partial charge is 0.468 e. The monoisotopic (exact) mass is 314 g/mol. The average molecular weight is 314 g/mol. The lowest BCUT2D eigenvalue weighted by atomic mass is 9.82. The highest BCUT2D eigenvalue weighted by atomic mass is 16.3. The van der Waals surface area contributed by atoms with Gasteiger partial charge in [0.15, 0.2) is 0 Å². The van der Waals surface area contributed by atoms with Crippen LogP contribution >= 0.6 is 0 Å². The van der Waals surface area contributed by atoms with Gasteiger partial charge in [0.05, 0.1) is 24.9 Å². The maximum atomic E-state index is 12.4. The van der Waals surface area contributed by atoms with Crippen molar-refractivity contribution >= 4 is 5.91 Å². The number of carbonyl (C=O) groups excluding carboxylic acids is 1. The molecule has 4 rings (SSSR count). The normalized spacial score (nSPS) is 24.2. The molecule has 23 heavy (non-hydrogen) atoms. The van der Waals surface area contributed by atoms with Gasteiger partial charge in [-0.25, -0.2) is 0 Å². The number of likely N-dealkylation sites (tertiary alicyclic amines) is 1. The van der Waals surface area contributed by atoms with Crippen LogP contribution in [0.3, 0.4) is 0 Å². The van der Waals surface area contributed by atoms with E-state index in [1.54, 1.807) is 10.9 Å². The van der Waals surface area contributed by atoms with Crippen LogP contribution in [0.5, 0.6) is 0 Å². The number of piperidine rings is 1. The van der Waals surface area contributed by atoms with Crippen molar-refractivity contribution in [2.24, 2.45) is 7.05 Å². The highest BCUT2D eigenvalue weighted by molar-refractivity contribution is 5.87. The average Bonchev–Trinajstić information content (AvgIpc) is 3.24. The zero-order valence-corrected chi connectivity index (χ0v) is 13.4. The zero-order chi connectivity index (χ0) is 15.9. The second kappa shape index (κ2) is 5.53. The van der Waals surface area contributed by atoms with Gasteiger partial charge in [0.1, 0.15) is 5.76 Å². The molecule has 1 N–H and O–H groups in total. The van der Waals surface area contributed by atoms with Crippen molar-refractivity contribution < 1.29 is 9.21 Å². The molecule has 1 amide bonds. The van der Waals surface area contributed by atoms with Crippen molar-refractivity contribution in [1.29, 1.82) is 0 Å². The Morgan fingerprint density at radius 3 is 2.91 bits per heavy atom. The number of rotatable bonds is 3. The zero-order valence-electron chi connectivity index (χ0n) is 13.4. The first kappa shape index (κ1) is 14.5.